The highest BCUT2D eigenvalue weighted by Gasteiger charge is 2.15. The number of rotatable bonds is 8. The van der Waals surface area contributed by atoms with Crippen molar-refractivity contribution in [3.63, 3.8) is 0 Å². The number of fused-ring (bicyclic) bond motifs is 1. The van der Waals surface area contributed by atoms with Crippen molar-refractivity contribution in [2.75, 3.05) is 19.0 Å². The number of aromatic nitrogens is 2. The number of carbonyl (C=O) groups excluding carboxylic acids is 2. The zero-order valence-electron chi connectivity index (χ0n) is 17.0. The van der Waals surface area contributed by atoms with Gasteiger partial charge in [0.2, 0.25) is 11.8 Å². The Bertz CT molecular complexity index is 1120. The lowest BCUT2D eigenvalue weighted by Gasteiger charge is -2.13. The van der Waals surface area contributed by atoms with Crippen molar-refractivity contribution in [1.82, 2.24) is 14.9 Å². The zero-order chi connectivity index (χ0) is 21.5. The maximum atomic E-state index is 13.0. The van der Waals surface area contributed by atoms with Crippen LogP contribution in [0.4, 0.5) is 5.69 Å². The lowest BCUT2D eigenvalue weighted by Crippen LogP contribution is -2.32. The van der Waals surface area contributed by atoms with Gasteiger partial charge < -0.3 is 15.4 Å². The molecule has 0 aliphatic rings. The van der Waals surface area contributed by atoms with Crippen molar-refractivity contribution >= 4 is 28.5 Å². The van der Waals surface area contributed by atoms with E-state index in [0.717, 1.165) is 0 Å². The maximum Gasteiger partial charge on any atom is 0.273 e. The summed E-state index contributed by atoms with van der Waals surface area (Å²) >= 11 is 0. The Hall–Kier alpha value is -3.68. The number of hydrogen-bond acceptors (Lipinski definition) is 5. The number of nitrogens with zero attached hydrogens (tertiary/aromatic N) is 2. The third-order valence-electron chi connectivity index (χ3n) is 4.54. The molecule has 0 atom stereocenters. The Balaban J connectivity index is 1.87. The number of hydrogen-bond donors (Lipinski definition) is 2. The van der Waals surface area contributed by atoms with Crippen molar-refractivity contribution in [2.24, 2.45) is 0 Å². The first-order valence-corrected chi connectivity index (χ1v) is 9.71. The van der Waals surface area contributed by atoms with Crippen LogP contribution in [0, 0.1) is 0 Å². The SMILES string of the molecule is CCNC(=O)CCc1nc2ccccc2n(CC(=O)Nc2cccc(OC)c2)c1=O. The summed E-state index contributed by atoms with van der Waals surface area (Å²) in [5.41, 5.74) is 1.61. The fourth-order valence-corrected chi connectivity index (χ4v) is 3.13. The van der Waals surface area contributed by atoms with E-state index < -0.39 is 0 Å². The first-order valence-electron chi connectivity index (χ1n) is 9.71. The van der Waals surface area contributed by atoms with E-state index in [0.29, 0.717) is 29.0 Å². The van der Waals surface area contributed by atoms with E-state index in [9.17, 15) is 14.4 Å². The average Bonchev–Trinajstić information content (AvgIpc) is 2.75. The molecule has 30 heavy (non-hydrogen) atoms. The highest BCUT2D eigenvalue weighted by atomic mass is 16.5. The predicted molar refractivity (Wildman–Crippen MR) is 115 cm³/mol. The highest BCUT2D eigenvalue weighted by Crippen LogP contribution is 2.17. The molecule has 0 saturated heterocycles. The molecule has 2 N–H and O–H groups in total. The van der Waals surface area contributed by atoms with Gasteiger partial charge >= 0.3 is 0 Å². The number of para-hydroxylation sites is 2. The Morgan fingerprint density at radius 2 is 1.90 bits per heavy atom. The molecule has 1 aromatic heterocycles. The summed E-state index contributed by atoms with van der Waals surface area (Å²) in [4.78, 5) is 41.9. The number of carbonyl (C=O) groups is 2. The Kier molecular flexibility index (Phi) is 6.79. The zero-order valence-corrected chi connectivity index (χ0v) is 17.0. The Morgan fingerprint density at radius 1 is 1.10 bits per heavy atom. The number of anilines is 1. The van der Waals surface area contributed by atoms with Gasteiger partial charge in [-0.3, -0.25) is 19.0 Å². The normalized spacial score (nSPS) is 10.6. The van der Waals surface area contributed by atoms with Gasteiger partial charge in [0.05, 0.1) is 18.1 Å². The minimum Gasteiger partial charge on any atom is -0.497 e. The van der Waals surface area contributed by atoms with E-state index in [-0.39, 0.29) is 42.5 Å². The third-order valence-corrected chi connectivity index (χ3v) is 4.54. The van der Waals surface area contributed by atoms with Crippen LogP contribution in [0.5, 0.6) is 5.75 Å². The van der Waals surface area contributed by atoms with Gasteiger partial charge in [0.25, 0.3) is 5.56 Å². The van der Waals surface area contributed by atoms with Crippen LogP contribution < -0.4 is 20.9 Å². The molecule has 3 aromatic rings. The van der Waals surface area contributed by atoms with Crippen LogP contribution >= 0.6 is 0 Å². The molecule has 0 unspecified atom stereocenters. The molecule has 3 rings (SSSR count). The van der Waals surface area contributed by atoms with Crippen LogP contribution in [0.2, 0.25) is 0 Å². The first-order chi connectivity index (χ1) is 14.5. The minimum atomic E-state index is -0.376. The second-order valence-electron chi connectivity index (χ2n) is 6.67. The smallest absolute Gasteiger partial charge is 0.273 e. The molecule has 156 valence electrons. The molecule has 8 heteroatoms. The largest absolute Gasteiger partial charge is 0.497 e. The summed E-state index contributed by atoms with van der Waals surface area (Å²) in [6.45, 7) is 2.19. The molecule has 0 aliphatic heterocycles. The molecular formula is C22H24N4O4. The molecule has 1 heterocycles. The van der Waals surface area contributed by atoms with Gasteiger partial charge in [-0.25, -0.2) is 4.98 Å². The Morgan fingerprint density at radius 3 is 2.67 bits per heavy atom. The third kappa shape index (κ3) is 5.02. The number of methoxy groups -OCH3 is 1. The second-order valence-corrected chi connectivity index (χ2v) is 6.67. The molecule has 0 spiro atoms. The molecular weight excluding hydrogens is 384 g/mol. The molecule has 0 saturated carbocycles. The summed E-state index contributed by atoms with van der Waals surface area (Å²) in [6.07, 6.45) is 0.359. The quantitative estimate of drug-likeness (QED) is 0.594. The molecule has 0 bridgehead atoms. The van der Waals surface area contributed by atoms with Gasteiger partial charge in [-0.15, -0.1) is 0 Å². The van der Waals surface area contributed by atoms with Gasteiger partial charge in [-0.2, -0.15) is 0 Å². The topological polar surface area (TPSA) is 102 Å². The van der Waals surface area contributed by atoms with Crippen molar-refractivity contribution in [2.45, 2.75) is 26.3 Å². The maximum absolute atomic E-state index is 13.0. The summed E-state index contributed by atoms with van der Waals surface area (Å²) in [7, 11) is 1.55. The first kappa shape index (κ1) is 21.0. The average molecular weight is 408 g/mol. The summed E-state index contributed by atoms with van der Waals surface area (Å²) < 4.78 is 6.56. The van der Waals surface area contributed by atoms with E-state index in [1.165, 1.54) is 4.57 Å². The van der Waals surface area contributed by atoms with Crippen LogP contribution in [-0.2, 0) is 22.6 Å². The van der Waals surface area contributed by atoms with E-state index in [2.05, 4.69) is 15.6 Å². The predicted octanol–water partition coefficient (Wildman–Crippen LogP) is 2.11. The monoisotopic (exact) mass is 408 g/mol. The molecule has 8 nitrogen and oxygen atoms in total. The fourth-order valence-electron chi connectivity index (χ4n) is 3.13. The minimum absolute atomic E-state index is 0.144. The second kappa shape index (κ2) is 9.69. The van der Waals surface area contributed by atoms with E-state index in [1.54, 1.807) is 49.6 Å². The highest BCUT2D eigenvalue weighted by molar-refractivity contribution is 5.91. The van der Waals surface area contributed by atoms with Crippen molar-refractivity contribution in [3.05, 3.63) is 64.6 Å². The van der Waals surface area contributed by atoms with Crippen LogP contribution in [0.1, 0.15) is 19.0 Å². The summed E-state index contributed by atoms with van der Waals surface area (Å²) in [6, 6.07) is 14.1. The molecule has 0 radical (unpaired) electrons. The van der Waals surface area contributed by atoms with Crippen LogP contribution in [0.25, 0.3) is 11.0 Å². The van der Waals surface area contributed by atoms with Crippen molar-refractivity contribution in [1.29, 1.82) is 0 Å². The lowest BCUT2D eigenvalue weighted by molar-refractivity contribution is -0.121. The van der Waals surface area contributed by atoms with Crippen LogP contribution in [-0.4, -0.2) is 35.0 Å². The number of amides is 2. The Labute approximate surface area is 173 Å². The lowest BCUT2D eigenvalue weighted by atomic mass is 10.2. The van der Waals surface area contributed by atoms with Gasteiger partial charge in [-0.1, -0.05) is 18.2 Å². The van der Waals surface area contributed by atoms with Gasteiger partial charge in [0.15, 0.2) is 0 Å². The number of benzene rings is 2. The summed E-state index contributed by atoms with van der Waals surface area (Å²) in [5, 5.41) is 5.49. The van der Waals surface area contributed by atoms with Gasteiger partial charge in [0.1, 0.15) is 18.0 Å². The van der Waals surface area contributed by atoms with Crippen molar-refractivity contribution < 1.29 is 14.3 Å². The molecule has 0 aliphatic carbocycles. The standard InChI is InChI=1S/C22H24N4O4/c1-3-23-20(27)12-11-18-22(29)26(19-10-5-4-9-17(19)25-18)14-21(28)24-15-7-6-8-16(13-15)30-2/h4-10,13H,3,11-12,14H2,1-2H3,(H,23,27)(H,24,28). The van der Waals surface area contributed by atoms with E-state index in [1.807, 2.05) is 13.0 Å². The molecule has 2 amide bonds. The molecule has 0 fully saturated rings. The number of ether oxygens (including phenoxy) is 1. The van der Waals surface area contributed by atoms with Gasteiger partial charge in [-0.05, 0) is 31.2 Å². The van der Waals surface area contributed by atoms with E-state index >= 15 is 0 Å². The fraction of sp³-hybridized carbons (Fsp3) is 0.273. The van der Waals surface area contributed by atoms with Crippen LogP contribution in [0.3, 0.4) is 0 Å². The molecule has 2 aromatic carbocycles. The number of aryl methyl sites for hydroxylation is 1. The number of nitrogens with one attached hydrogen (secondary N) is 2. The summed E-state index contributed by atoms with van der Waals surface area (Å²) in [5.74, 6) is 0.123. The van der Waals surface area contributed by atoms with Crippen molar-refractivity contribution in [3.8, 4) is 5.75 Å². The van der Waals surface area contributed by atoms with Crippen LogP contribution in [0.15, 0.2) is 53.3 Å². The van der Waals surface area contributed by atoms with Gasteiger partial charge in [0, 0.05) is 31.1 Å². The van der Waals surface area contributed by atoms with E-state index in [4.69, 9.17) is 4.74 Å².